The third kappa shape index (κ3) is 2.79. The summed E-state index contributed by atoms with van der Waals surface area (Å²) < 4.78 is 0. The molecule has 0 aliphatic carbocycles. The van der Waals surface area contributed by atoms with E-state index in [-0.39, 0.29) is 0 Å². The van der Waals surface area contributed by atoms with E-state index in [4.69, 9.17) is 11.6 Å². The first kappa shape index (κ1) is 12.4. The second-order valence-electron chi connectivity index (χ2n) is 4.58. The van der Waals surface area contributed by atoms with Gasteiger partial charge in [-0.3, -0.25) is 4.79 Å². The Balaban J connectivity index is 2.20. The second kappa shape index (κ2) is 5.07. The molecule has 0 amide bonds. The number of hydrogen-bond acceptors (Lipinski definition) is 2. The minimum absolute atomic E-state index is 0.489. The molecular formula is C13H16ClNO2. The largest absolute Gasteiger partial charge is 0.480 e. The maximum atomic E-state index is 11.5. The van der Waals surface area contributed by atoms with Crippen molar-refractivity contribution in [2.45, 2.75) is 31.2 Å². The number of nitrogens with one attached hydrogen (secondary N) is 1. The van der Waals surface area contributed by atoms with Crippen molar-refractivity contribution in [3.05, 3.63) is 34.9 Å². The third-order valence-corrected chi connectivity index (χ3v) is 3.53. The van der Waals surface area contributed by atoms with Crippen molar-refractivity contribution >= 4 is 17.6 Å². The highest BCUT2D eigenvalue weighted by Crippen LogP contribution is 2.25. The van der Waals surface area contributed by atoms with Crippen molar-refractivity contribution in [1.82, 2.24) is 5.32 Å². The van der Waals surface area contributed by atoms with E-state index in [1.165, 1.54) is 0 Å². The lowest BCUT2D eigenvalue weighted by molar-refractivity contribution is -0.146. The third-order valence-electron chi connectivity index (χ3n) is 3.30. The molecule has 2 rings (SSSR count). The van der Waals surface area contributed by atoms with Gasteiger partial charge in [-0.05, 0) is 43.5 Å². The molecule has 1 unspecified atom stereocenters. The SMILES string of the molecule is O=C(O)C1(Cc2cccc(Cl)c2)CCCCN1. The molecule has 1 aromatic carbocycles. The van der Waals surface area contributed by atoms with E-state index >= 15 is 0 Å². The van der Waals surface area contributed by atoms with Gasteiger partial charge in [0.05, 0.1) is 0 Å². The first-order chi connectivity index (χ1) is 8.12. The molecule has 0 radical (unpaired) electrons. The number of benzene rings is 1. The van der Waals surface area contributed by atoms with Crippen LogP contribution in [0.2, 0.25) is 5.02 Å². The lowest BCUT2D eigenvalue weighted by Crippen LogP contribution is -2.56. The van der Waals surface area contributed by atoms with Crippen LogP contribution in [0.1, 0.15) is 24.8 Å². The molecule has 1 atom stereocenters. The molecule has 3 nitrogen and oxygen atoms in total. The van der Waals surface area contributed by atoms with Gasteiger partial charge in [0, 0.05) is 11.4 Å². The monoisotopic (exact) mass is 253 g/mol. The Morgan fingerprint density at radius 3 is 2.88 bits per heavy atom. The van der Waals surface area contributed by atoms with Crippen LogP contribution in [0.5, 0.6) is 0 Å². The van der Waals surface area contributed by atoms with Gasteiger partial charge in [0.2, 0.25) is 0 Å². The molecule has 4 heteroatoms. The smallest absolute Gasteiger partial charge is 0.324 e. The van der Waals surface area contributed by atoms with Crippen LogP contribution in [-0.2, 0) is 11.2 Å². The highest BCUT2D eigenvalue weighted by molar-refractivity contribution is 6.30. The second-order valence-corrected chi connectivity index (χ2v) is 5.01. The maximum Gasteiger partial charge on any atom is 0.324 e. The quantitative estimate of drug-likeness (QED) is 0.870. The number of halogens is 1. The van der Waals surface area contributed by atoms with Crippen molar-refractivity contribution in [3.63, 3.8) is 0 Å². The summed E-state index contributed by atoms with van der Waals surface area (Å²) in [5.41, 5.74) is 0.150. The van der Waals surface area contributed by atoms with E-state index < -0.39 is 11.5 Å². The zero-order chi connectivity index (χ0) is 12.3. The molecule has 0 saturated carbocycles. The number of hydrogen-bond donors (Lipinski definition) is 2. The number of aliphatic carboxylic acids is 1. The molecule has 1 aliphatic rings. The summed E-state index contributed by atoms with van der Waals surface area (Å²) >= 11 is 5.92. The molecule has 1 heterocycles. The van der Waals surface area contributed by atoms with Gasteiger partial charge < -0.3 is 10.4 Å². The van der Waals surface area contributed by atoms with Crippen LogP contribution in [0, 0.1) is 0 Å². The number of carboxylic acids is 1. The molecule has 92 valence electrons. The van der Waals surface area contributed by atoms with E-state index in [0.29, 0.717) is 17.9 Å². The molecule has 1 aromatic rings. The van der Waals surface area contributed by atoms with Crippen LogP contribution in [0.4, 0.5) is 0 Å². The summed E-state index contributed by atoms with van der Waals surface area (Å²) in [7, 11) is 0. The van der Waals surface area contributed by atoms with Crippen LogP contribution < -0.4 is 5.32 Å². The first-order valence-electron chi connectivity index (χ1n) is 5.85. The van der Waals surface area contributed by atoms with E-state index in [2.05, 4.69) is 5.32 Å². The molecule has 2 N–H and O–H groups in total. The Labute approximate surface area is 106 Å². The molecule has 1 saturated heterocycles. The highest BCUT2D eigenvalue weighted by atomic mass is 35.5. The predicted molar refractivity (Wildman–Crippen MR) is 67.4 cm³/mol. The average molecular weight is 254 g/mol. The Morgan fingerprint density at radius 2 is 2.29 bits per heavy atom. The molecule has 0 aromatic heterocycles. The summed E-state index contributed by atoms with van der Waals surface area (Å²) in [5, 5.41) is 13.2. The highest BCUT2D eigenvalue weighted by Gasteiger charge is 2.39. The molecule has 1 aliphatic heterocycles. The number of piperidine rings is 1. The van der Waals surface area contributed by atoms with Gasteiger partial charge in [-0.25, -0.2) is 0 Å². The van der Waals surface area contributed by atoms with Crippen LogP contribution in [0.25, 0.3) is 0 Å². The number of carboxylic acid groups (broad SMARTS) is 1. The van der Waals surface area contributed by atoms with Gasteiger partial charge >= 0.3 is 5.97 Å². The molecule has 0 spiro atoms. The van der Waals surface area contributed by atoms with Crippen LogP contribution in [0.3, 0.4) is 0 Å². The van der Waals surface area contributed by atoms with Crippen LogP contribution >= 0.6 is 11.6 Å². The number of rotatable bonds is 3. The van der Waals surface area contributed by atoms with Crippen molar-refractivity contribution in [2.24, 2.45) is 0 Å². The fourth-order valence-corrected chi connectivity index (χ4v) is 2.59. The molecule has 0 bridgehead atoms. The van der Waals surface area contributed by atoms with E-state index in [1.807, 2.05) is 18.2 Å². The molecule has 1 fully saturated rings. The van der Waals surface area contributed by atoms with Gasteiger partial charge in [-0.2, -0.15) is 0 Å². The minimum atomic E-state index is -0.817. The minimum Gasteiger partial charge on any atom is -0.480 e. The van der Waals surface area contributed by atoms with Gasteiger partial charge in [-0.15, -0.1) is 0 Å². The fourth-order valence-electron chi connectivity index (χ4n) is 2.37. The topological polar surface area (TPSA) is 49.3 Å². The fraction of sp³-hybridized carbons (Fsp3) is 0.462. The Bertz CT molecular complexity index is 414. The number of carbonyl (C=O) groups is 1. The zero-order valence-corrected chi connectivity index (χ0v) is 10.3. The Hall–Kier alpha value is -1.06. The Morgan fingerprint density at radius 1 is 1.47 bits per heavy atom. The van der Waals surface area contributed by atoms with E-state index in [9.17, 15) is 9.90 Å². The standard InChI is InChI=1S/C13H16ClNO2/c14-11-5-3-4-10(8-11)9-13(12(16)17)6-1-2-7-15-13/h3-5,8,15H,1-2,6-7,9H2,(H,16,17). The molecular weight excluding hydrogens is 238 g/mol. The van der Waals surface area contributed by atoms with Crippen molar-refractivity contribution in [2.75, 3.05) is 6.54 Å². The summed E-state index contributed by atoms with van der Waals surface area (Å²) in [6.07, 6.45) is 3.17. The van der Waals surface area contributed by atoms with Crippen molar-refractivity contribution in [1.29, 1.82) is 0 Å². The zero-order valence-electron chi connectivity index (χ0n) is 9.58. The summed E-state index contributed by atoms with van der Waals surface area (Å²) in [5.74, 6) is -0.767. The van der Waals surface area contributed by atoms with Crippen molar-refractivity contribution < 1.29 is 9.90 Å². The summed E-state index contributed by atoms with van der Waals surface area (Å²) in [4.78, 5) is 11.5. The van der Waals surface area contributed by atoms with Gasteiger partial charge in [0.1, 0.15) is 5.54 Å². The Kier molecular flexibility index (Phi) is 3.69. The van der Waals surface area contributed by atoms with Crippen LogP contribution in [0.15, 0.2) is 24.3 Å². The van der Waals surface area contributed by atoms with Crippen LogP contribution in [-0.4, -0.2) is 23.2 Å². The molecule has 17 heavy (non-hydrogen) atoms. The lowest BCUT2D eigenvalue weighted by Gasteiger charge is -2.34. The first-order valence-corrected chi connectivity index (χ1v) is 6.23. The maximum absolute atomic E-state index is 11.5. The van der Waals surface area contributed by atoms with Gasteiger partial charge in [0.15, 0.2) is 0 Å². The van der Waals surface area contributed by atoms with Gasteiger partial charge in [0.25, 0.3) is 0 Å². The normalized spacial score (nSPS) is 24.5. The van der Waals surface area contributed by atoms with Gasteiger partial charge in [-0.1, -0.05) is 23.7 Å². The predicted octanol–water partition coefficient (Wildman–Crippen LogP) is 2.48. The van der Waals surface area contributed by atoms with Crippen molar-refractivity contribution in [3.8, 4) is 0 Å². The van der Waals surface area contributed by atoms with E-state index in [1.54, 1.807) is 6.07 Å². The summed E-state index contributed by atoms with van der Waals surface area (Å²) in [6.45, 7) is 0.771. The summed E-state index contributed by atoms with van der Waals surface area (Å²) in [6, 6.07) is 7.41. The lowest BCUT2D eigenvalue weighted by atomic mass is 9.83. The average Bonchev–Trinajstić information content (AvgIpc) is 2.30. The van der Waals surface area contributed by atoms with E-state index in [0.717, 1.165) is 24.9 Å².